The van der Waals surface area contributed by atoms with Crippen LogP contribution in [-0.2, 0) is 6.42 Å². The largest absolute Gasteiger partial charge is 0.461 e. The van der Waals surface area contributed by atoms with Gasteiger partial charge in [-0.1, -0.05) is 0 Å². The lowest BCUT2D eigenvalue weighted by molar-refractivity contribution is 0.567. The van der Waals surface area contributed by atoms with Crippen LogP contribution >= 0.6 is 0 Å². The van der Waals surface area contributed by atoms with E-state index in [9.17, 15) is 0 Å². The van der Waals surface area contributed by atoms with Gasteiger partial charge in [-0.05, 0) is 52.2 Å². The van der Waals surface area contributed by atoms with Gasteiger partial charge in [0.1, 0.15) is 22.7 Å². The quantitative estimate of drug-likeness (QED) is 0.760. The molecule has 2 N–H and O–H groups in total. The van der Waals surface area contributed by atoms with Crippen LogP contribution < -0.4 is 5.73 Å². The van der Waals surface area contributed by atoms with Crippen molar-refractivity contribution in [2.24, 2.45) is 5.73 Å². The fraction of sp³-hybridized carbons (Fsp3) is 0.412. The number of fused-ring (bicyclic) bond motifs is 2. The molecule has 2 aromatic heterocycles. The van der Waals surface area contributed by atoms with Crippen molar-refractivity contribution < 1.29 is 8.83 Å². The molecular weight excluding hydrogens is 250 g/mol. The number of aryl methyl sites for hydroxylation is 3. The zero-order valence-electron chi connectivity index (χ0n) is 12.2. The van der Waals surface area contributed by atoms with Crippen LogP contribution in [0.1, 0.15) is 35.5 Å². The Morgan fingerprint density at radius 2 is 1.60 bits per heavy atom. The minimum atomic E-state index is -0.0407. The second kappa shape index (κ2) is 3.67. The predicted molar refractivity (Wildman–Crippen MR) is 80.1 cm³/mol. The van der Waals surface area contributed by atoms with E-state index in [0.29, 0.717) is 0 Å². The molecule has 1 aliphatic carbocycles. The van der Waals surface area contributed by atoms with Gasteiger partial charge in [0, 0.05) is 27.4 Å². The van der Waals surface area contributed by atoms with Gasteiger partial charge in [-0.2, -0.15) is 0 Å². The maximum absolute atomic E-state index is 6.34. The van der Waals surface area contributed by atoms with Crippen LogP contribution in [0, 0.1) is 20.8 Å². The number of hydrogen-bond acceptors (Lipinski definition) is 3. The summed E-state index contributed by atoms with van der Waals surface area (Å²) in [5.74, 6) is 1.88. The molecule has 3 nitrogen and oxygen atoms in total. The third-order valence-corrected chi connectivity index (χ3v) is 4.48. The molecule has 4 rings (SSSR count). The minimum absolute atomic E-state index is 0.0407. The van der Waals surface area contributed by atoms with Crippen LogP contribution in [0.25, 0.3) is 21.9 Å². The third-order valence-electron chi connectivity index (χ3n) is 4.48. The summed E-state index contributed by atoms with van der Waals surface area (Å²) in [6, 6.07) is 4.21. The van der Waals surface area contributed by atoms with E-state index >= 15 is 0 Å². The number of furan rings is 2. The molecule has 0 amide bonds. The first-order valence-electron chi connectivity index (χ1n) is 7.17. The van der Waals surface area contributed by atoms with Crippen molar-refractivity contribution in [1.82, 2.24) is 0 Å². The van der Waals surface area contributed by atoms with Crippen LogP contribution in [0.5, 0.6) is 0 Å². The molecule has 0 aliphatic heterocycles. The molecule has 20 heavy (non-hydrogen) atoms. The summed E-state index contributed by atoms with van der Waals surface area (Å²) in [7, 11) is 0. The van der Waals surface area contributed by atoms with Gasteiger partial charge in [0.2, 0.25) is 0 Å². The Kier molecular flexibility index (Phi) is 2.21. The third kappa shape index (κ3) is 1.63. The van der Waals surface area contributed by atoms with Gasteiger partial charge in [-0.3, -0.25) is 0 Å². The average molecular weight is 269 g/mol. The molecule has 1 fully saturated rings. The highest BCUT2D eigenvalue weighted by Crippen LogP contribution is 2.42. The predicted octanol–water partition coefficient (Wildman–Crippen LogP) is 4.14. The Morgan fingerprint density at radius 1 is 1.00 bits per heavy atom. The molecule has 1 aromatic carbocycles. The second-order valence-electron chi connectivity index (χ2n) is 6.34. The van der Waals surface area contributed by atoms with Gasteiger partial charge in [0.05, 0.1) is 0 Å². The van der Waals surface area contributed by atoms with E-state index in [1.165, 1.54) is 10.9 Å². The van der Waals surface area contributed by atoms with Gasteiger partial charge in [0.15, 0.2) is 0 Å². The molecule has 0 saturated heterocycles. The van der Waals surface area contributed by atoms with Crippen molar-refractivity contribution in [2.45, 2.75) is 45.6 Å². The molecule has 3 heteroatoms. The minimum Gasteiger partial charge on any atom is -0.461 e. The molecule has 0 spiro atoms. The number of hydrogen-bond donors (Lipinski definition) is 1. The van der Waals surface area contributed by atoms with E-state index in [2.05, 4.69) is 19.1 Å². The maximum atomic E-state index is 6.34. The van der Waals surface area contributed by atoms with Crippen molar-refractivity contribution in [2.75, 3.05) is 0 Å². The van der Waals surface area contributed by atoms with Crippen molar-refractivity contribution >= 4 is 21.9 Å². The molecule has 1 aliphatic rings. The van der Waals surface area contributed by atoms with Gasteiger partial charge < -0.3 is 14.6 Å². The summed E-state index contributed by atoms with van der Waals surface area (Å²) in [4.78, 5) is 0. The monoisotopic (exact) mass is 269 g/mol. The van der Waals surface area contributed by atoms with E-state index in [0.717, 1.165) is 52.9 Å². The lowest BCUT2D eigenvalue weighted by Crippen LogP contribution is -2.24. The van der Waals surface area contributed by atoms with Crippen LogP contribution in [0.3, 0.4) is 0 Å². The topological polar surface area (TPSA) is 52.3 Å². The van der Waals surface area contributed by atoms with Crippen molar-refractivity contribution in [3.05, 3.63) is 34.8 Å². The lowest BCUT2D eigenvalue weighted by Gasteiger charge is -2.11. The molecule has 0 bridgehead atoms. The summed E-state index contributed by atoms with van der Waals surface area (Å²) in [5, 5.41) is 2.32. The Morgan fingerprint density at radius 3 is 2.25 bits per heavy atom. The van der Waals surface area contributed by atoms with Gasteiger partial charge >= 0.3 is 0 Å². The first-order chi connectivity index (χ1) is 9.47. The van der Waals surface area contributed by atoms with Crippen molar-refractivity contribution in [3.63, 3.8) is 0 Å². The lowest BCUT2D eigenvalue weighted by atomic mass is 9.96. The first kappa shape index (κ1) is 12.0. The normalized spacial score (nSPS) is 17.2. The van der Waals surface area contributed by atoms with Crippen LogP contribution in [0.15, 0.2) is 21.0 Å². The van der Waals surface area contributed by atoms with Crippen LogP contribution in [0.4, 0.5) is 0 Å². The van der Waals surface area contributed by atoms with E-state index in [1.807, 2.05) is 13.8 Å². The fourth-order valence-electron chi connectivity index (χ4n) is 3.14. The summed E-state index contributed by atoms with van der Waals surface area (Å²) in [6.45, 7) is 6.08. The summed E-state index contributed by atoms with van der Waals surface area (Å²) in [6.07, 6.45) is 3.06. The smallest absolute Gasteiger partial charge is 0.138 e. The zero-order chi connectivity index (χ0) is 14.1. The van der Waals surface area contributed by atoms with Gasteiger partial charge in [0.25, 0.3) is 0 Å². The van der Waals surface area contributed by atoms with Gasteiger partial charge in [-0.25, -0.2) is 0 Å². The SMILES string of the molecule is Cc1cc2c(CC3(N)CC3)c3oc(C)cc3c(C)c2o1. The molecule has 0 radical (unpaired) electrons. The fourth-order valence-corrected chi connectivity index (χ4v) is 3.14. The highest BCUT2D eigenvalue weighted by atomic mass is 16.3. The zero-order valence-corrected chi connectivity index (χ0v) is 12.2. The highest BCUT2D eigenvalue weighted by Gasteiger charge is 2.39. The Hall–Kier alpha value is -1.74. The molecule has 1 saturated carbocycles. The van der Waals surface area contributed by atoms with E-state index < -0.39 is 0 Å². The average Bonchev–Trinajstić information content (AvgIpc) is 2.82. The van der Waals surface area contributed by atoms with E-state index in [1.54, 1.807) is 0 Å². The molecule has 0 atom stereocenters. The molecule has 104 valence electrons. The number of rotatable bonds is 2. The Balaban J connectivity index is 2.11. The number of nitrogens with two attached hydrogens (primary N) is 1. The van der Waals surface area contributed by atoms with Crippen LogP contribution in [0.2, 0.25) is 0 Å². The second-order valence-corrected chi connectivity index (χ2v) is 6.34. The Labute approximate surface area is 117 Å². The molecule has 2 heterocycles. The van der Waals surface area contributed by atoms with Crippen molar-refractivity contribution in [3.8, 4) is 0 Å². The van der Waals surface area contributed by atoms with Gasteiger partial charge in [-0.15, -0.1) is 0 Å². The Bertz CT molecular complexity index is 776. The summed E-state index contributed by atoms with van der Waals surface area (Å²) >= 11 is 0. The summed E-state index contributed by atoms with van der Waals surface area (Å²) < 4.78 is 11.9. The summed E-state index contributed by atoms with van der Waals surface area (Å²) in [5.41, 5.74) is 10.6. The van der Waals surface area contributed by atoms with Crippen LogP contribution in [-0.4, -0.2) is 5.54 Å². The van der Waals surface area contributed by atoms with E-state index in [4.69, 9.17) is 14.6 Å². The van der Waals surface area contributed by atoms with Crippen molar-refractivity contribution in [1.29, 1.82) is 0 Å². The van der Waals surface area contributed by atoms with E-state index in [-0.39, 0.29) is 5.54 Å². The first-order valence-corrected chi connectivity index (χ1v) is 7.17. The highest BCUT2D eigenvalue weighted by molar-refractivity contribution is 6.01. The molecule has 3 aromatic rings. The number of benzene rings is 1. The standard InChI is InChI=1S/C17H19NO2/c1-9-6-12-11(3)15-13(7-10(2)19-15)14(16(12)20-9)8-17(18)4-5-17/h6-7H,4-5,8,18H2,1-3H3. The maximum Gasteiger partial charge on any atom is 0.138 e. The molecule has 0 unspecified atom stereocenters. The molecular formula is C17H19NO2.